The molecule has 0 fully saturated rings. The standard InChI is InChI=1S/C27H36N4O6S/c1-3-16(2)23(26(35)29-21(27(36)37)14-18-9-11-19(32)12-10-18)31-25(34)22(15-38)30-24(33)20(28)13-17-7-5-4-6-8-17/h4-12,16,20-23,32,38H,3,13-15,28H2,1-2H3,(H,29,35)(H,30,33)(H,31,34)(H,36,37). The maximum Gasteiger partial charge on any atom is 0.326 e. The molecule has 2 aromatic rings. The number of aliphatic carboxylic acids is 1. The summed E-state index contributed by atoms with van der Waals surface area (Å²) in [6, 6.07) is 10.9. The van der Waals surface area contributed by atoms with Crippen molar-refractivity contribution in [2.45, 2.75) is 57.3 Å². The van der Waals surface area contributed by atoms with E-state index >= 15 is 0 Å². The molecule has 7 N–H and O–H groups in total. The second-order valence-electron chi connectivity index (χ2n) is 9.18. The summed E-state index contributed by atoms with van der Waals surface area (Å²) in [5, 5.41) is 26.8. The largest absolute Gasteiger partial charge is 0.508 e. The molecular formula is C27H36N4O6S. The Morgan fingerprint density at radius 2 is 1.42 bits per heavy atom. The molecule has 2 aromatic carbocycles. The highest BCUT2D eigenvalue weighted by Crippen LogP contribution is 2.13. The Kier molecular flexibility index (Phi) is 12.1. The van der Waals surface area contributed by atoms with E-state index in [9.17, 15) is 29.4 Å². The molecule has 0 aromatic heterocycles. The normalized spacial score (nSPS) is 14.8. The van der Waals surface area contributed by atoms with Crippen LogP contribution < -0.4 is 21.7 Å². The minimum atomic E-state index is -1.26. The predicted molar refractivity (Wildman–Crippen MR) is 147 cm³/mol. The van der Waals surface area contributed by atoms with E-state index in [2.05, 4.69) is 28.6 Å². The van der Waals surface area contributed by atoms with Crippen LogP contribution in [0.1, 0.15) is 31.4 Å². The van der Waals surface area contributed by atoms with Crippen molar-refractivity contribution in [3.05, 3.63) is 65.7 Å². The highest BCUT2D eigenvalue weighted by Gasteiger charge is 2.32. The lowest BCUT2D eigenvalue weighted by Gasteiger charge is -2.27. The number of benzene rings is 2. The molecule has 5 unspecified atom stereocenters. The van der Waals surface area contributed by atoms with E-state index in [0.29, 0.717) is 12.0 Å². The Labute approximate surface area is 227 Å². The van der Waals surface area contributed by atoms with Crippen molar-refractivity contribution in [3.63, 3.8) is 0 Å². The SMILES string of the molecule is CCC(C)C(NC(=O)C(CS)NC(=O)C(N)Cc1ccccc1)C(=O)NC(Cc1ccc(O)cc1)C(=O)O. The molecule has 0 saturated heterocycles. The van der Waals surface area contributed by atoms with Gasteiger partial charge in [0.05, 0.1) is 6.04 Å². The average Bonchev–Trinajstić information content (AvgIpc) is 2.90. The molecular weight excluding hydrogens is 508 g/mol. The first-order chi connectivity index (χ1) is 18.0. The minimum Gasteiger partial charge on any atom is -0.508 e. The van der Waals surface area contributed by atoms with Crippen molar-refractivity contribution >= 4 is 36.3 Å². The fourth-order valence-electron chi connectivity index (χ4n) is 3.72. The molecule has 0 aliphatic carbocycles. The van der Waals surface area contributed by atoms with Gasteiger partial charge < -0.3 is 31.9 Å². The van der Waals surface area contributed by atoms with Gasteiger partial charge in [-0.05, 0) is 35.6 Å². The van der Waals surface area contributed by atoms with Crippen molar-refractivity contribution in [2.24, 2.45) is 11.7 Å². The Bertz CT molecular complexity index is 1080. The Morgan fingerprint density at radius 3 is 1.97 bits per heavy atom. The molecule has 38 heavy (non-hydrogen) atoms. The Morgan fingerprint density at radius 1 is 0.842 bits per heavy atom. The third-order valence-electron chi connectivity index (χ3n) is 6.23. The van der Waals surface area contributed by atoms with Crippen LogP contribution in [0.25, 0.3) is 0 Å². The van der Waals surface area contributed by atoms with Gasteiger partial charge >= 0.3 is 5.97 Å². The van der Waals surface area contributed by atoms with Gasteiger partial charge in [0, 0.05) is 12.2 Å². The monoisotopic (exact) mass is 544 g/mol. The summed E-state index contributed by atoms with van der Waals surface area (Å²) in [4.78, 5) is 50.6. The molecule has 0 aliphatic rings. The van der Waals surface area contributed by atoms with Crippen molar-refractivity contribution in [3.8, 4) is 5.75 Å². The van der Waals surface area contributed by atoms with E-state index in [1.165, 1.54) is 12.1 Å². The molecule has 0 spiro atoms. The van der Waals surface area contributed by atoms with Crippen molar-refractivity contribution in [2.75, 3.05) is 5.75 Å². The zero-order chi connectivity index (χ0) is 28.2. The Hall–Kier alpha value is -3.57. The number of aromatic hydroxyl groups is 1. The molecule has 3 amide bonds. The number of thiol groups is 1. The van der Waals surface area contributed by atoms with Gasteiger partial charge in [0.2, 0.25) is 17.7 Å². The van der Waals surface area contributed by atoms with E-state index in [4.69, 9.17) is 5.73 Å². The lowest BCUT2D eigenvalue weighted by Crippen LogP contribution is -2.59. The van der Waals surface area contributed by atoms with Gasteiger partial charge in [-0.15, -0.1) is 0 Å². The molecule has 206 valence electrons. The second kappa shape index (κ2) is 15.0. The zero-order valence-corrected chi connectivity index (χ0v) is 22.4. The number of carboxylic acid groups (broad SMARTS) is 1. The summed E-state index contributed by atoms with van der Waals surface area (Å²) in [5.74, 6) is -3.41. The first-order valence-corrected chi connectivity index (χ1v) is 13.0. The van der Waals surface area contributed by atoms with Crippen LogP contribution in [0.3, 0.4) is 0 Å². The topological polar surface area (TPSA) is 171 Å². The smallest absolute Gasteiger partial charge is 0.326 e. The quantitative estimate of drug-likeness (QED) is 0.174. The van der Waals surface area contributed by atoms with Crippen LogP contribution in [0.5, 0.6) is 5.75 Å². The number of hydrogen-bond donors (Lipinski definition) is 7. The van der Waals surface area contributed by atoms with Crippen LogP contribution in [0.4, 0.5) is 0 Å². The summed E-state index contributed by atoms with van der Waals surface area (Å²) in [7, 11) is 0. The van der Waals surface area contributed by atoms with Gasteiger partial charge in [-0.2, -0.15) is 12.6 Å². The van der Waals surface area contributed by atoms with E-state index < -0.39 is 47.9 Å². The van der Waals surface area contributed by atoms with Crippen LogP contribution in [0.15, 0.2) is 54.6 Å². The summed E-state index contributed by atoms with van der Waals surface area (Å²) in [6.45, 7) is 3.59. The number of rotatable bonds is 14. The van der Waals surface area contributed by atoms with E-state index in [1.54, 1.807) is 19.1 Å². The van der Waals surface area contributed by atoms with Crippen LogP contribution >= 0.6 is 12.6 Å². The van der Waals surface area contributed by atoms with Gasteiger partial charge in [-0.3, -0.25) is 14.4 Å². The van der Waals surface area contributed by atoms with E-state index in [0.717, 1.165) is 5.56 Å². The minimum absolute atomic E-state index is 0.0167. The van der Waals surface area contributed by atoms with Crippen molar-refractivity contribution in [1.82, 2.24) is 16.0 Å². The van der Waals surface area contributed by atoms with Crippen LogP contribution in [0, 0.1) is 5.92 Å². The Balaban J connectivity index is 2.06. The molecule has 0 aliphatic heterocycles. The van der Waals surface area contributed by atoms with Gasteiger partial charge in [0.1, 0.15) is 23.9 Å². The molecule has 0 radical (unpaired) electrons. The maximum atomic E-state index is 13.1. The third-order valence-corrected chi connectivity index (χ3v) is 6.60. The molecule has 5 atom stereocenters. The molecule has 0 heterocycles. The number of carbonyl (C=O) groups is 4. The predicted octanol–water partition coefficient (Wildman–Crippen LogP) is 1.02. The number of hydrogen-bond acceptors (Lipinski definition) is 7. The van der Waals surface area contributed by atoms with Gasteiger partial charge in [0.15, 0.2) is 0 Å². The third kappa shape index (κ3) is 9.38. The number of phenols is 1. The molecule has 10 nitrogen and oxygen atoms in total. The van der Waals surface area contributed by atoms with Crippen molar-refractivity contribution < 1.29 is 29.4 Å². The number of carbonyl (C=O) groups excluding carboxylic acids is 3. The summed E-state index contributed by atoms with van der Waals surface area (Å²) >= 11 is 4.18. The number of amides is 3. The number of nitrogens with one attached hydrogen (secondary N) is 3. The van der Waals surface area contributed by atoms with Crippen LogP contribution in [-0.2, 0) is 32.0 Å². The highest BCUT2D eigenvalue weighted by atomic mass is 32.1. The fourth-order valence-corrected chi connectivity index (χ4v) is 3.98. The van der Waals surface area contributed by atoms with E-state index in [1.807, 2.05) is 37.3 Å². The second-order valence-corrected chi connectivity index (χ2v) is 9.55. The van der Waals surface area contributed by atoms with Gasteiger partial charge in [-0.1, -0.05) is 62.7 Å². The number of phenolic OH excluding ortho intramolecular Hbond substituents is 1. The average molecular weight is 545 g/mol. The number of nitrogens with two attached hydrogens (primary N) is 1. The van der Waals surface area contributed by atoms with Crippen LogP contribution in [0.2, 0.25) is 0 Å². The molecule has 11 heteroatoms. The molecule has 0 saturated carbocycles. The zero-order valence-electron chi connectivity index (χ0n) is 21.5. The highest BCUT2D eigenvalue weighted by molar-refractivity contribution is 7.80. The lowest BCUT2D eigenvalue weighted by molar-refractivity contribution is -0.142. The number of carboxylic acids is 1. The van der Waals surface area contributed by atoms with E-state index in [-0.39, 0.29) is 30.3 Å². The van der Waals surface area contributed by atoms with Crippen LogP contribution in [-0.4, -0.2) is 63.8 Å². The molecule has 2 rings (SSSR count). The van der Waals surface area contributed by atoms with Gasteiger partial charge in [0.25, 0.3) is 0 Å². The van der Waals surface area contributed by atoms with Crippen molar-refractivity contribution in [1.29, 1.82) is 0 Å². The summed E-state index contributed by atoms with van der Waals surface area (Å²) in [6.07, 6.45) is 0.786. The molecule has 0 bridgehead atoms. The first kappa shape index (κ1) is 30.7. The fraction of sp³-hybridized carbons (Fsp3) is 0.407. The lowest BCUT2D eigenvalue weighted by atomic mass is 9.97. The first-order valence-electron chi connectivity index (χ1n) is 12.4. The summed E-state index contributed by atoms with van der Waals surface area (Å²) in [5.41, 5.74) is 7.50. The summed E-state index contributed by atoms with van der Waals surface area (Å²) < 4.78 is 0. The maximum absolute atomic E-state index is 13.1. The van der Waals surface area contributed by atoms with Gasteiger partial charge in [-0.25, -0.2) is 4.79 Å².